The molecule has 1 heterocycles. The van der Waals surface area contributed by atoms with Gasteiger partial charge in [-0.05, 0) is 31.2 Å². The van der Waals surface area contributed by atoms with E-state index in [0.29, 0.717) is 0 Å². The Hall–Kier alpha value is -0.0800. The molecule has 2 aliphatic rings. The fourth-order valence-corrected chi connectivity index (χ4v) is 3.10. The van der Waals surface area contributed by atoms with Gasteiger partial charge >= 0.3 is 0 Å². The normalized spacial score (nSPS) is 41.1. The van der Waals surface area contributed by atoms with Gasteiger partial charge in [0.25, 0.3) is 0 Å². The smallest absolute Gasteiger partial charge is 0.0121 e. The molecule has 0 aromatic rings. The van der Waals surface area contributed by atoms with Crippen LogP contribution in [-0.4, -0.2) is 37.1 Å². The molecule has 1 N–H and O–H groups in total. The number of nitrogens with zero attached hydrogens (tertiary/aromatic N) is 1. The molecular formula is C12H24N2. The van der Waals surface area contributed by atoms with Crippen molar-refractivity contribution in [3.8, 4) is 0 Å². The summed E-state index contributed by atoms with van der Waals surface area (Å²) in [4.78, 5) is 2.74. The second-order valence-electron chi connectivity index (χ2n) is 5.28. The van der Waals surface area contributed by atoms with Gasteiger partial charge in [-0.15, -0.1) is 0 Å². The van der Waals surface area contributed by atoms with Crippen LogP contribution < -0.4 is 5.32 Å². The van der Waals surface area contributed by atoms with Gasteiger partial charge in [-0.2, -0.15) is 0 Å². The second-order valence-corrected chi connectivity index (χ2v) is 5.28. The summed E-state index contributed by atoms with van der Waals surface area (Å²) in [5, 5.41) is 3.52. The summed E-state index contributed by atoms with van der Waals surface area (Å²) in [6, 6.07) is 0.886. The zero-order valence-electron chi connectivity index (χ0n) is 9.63. The van der Waals surface area contributed by atoms with Crippen LogP contribution in [0.25, 0.3) is 0 Å². The minimum atomic E-state index is 0.824. The molecule has 3 atom stereocenters. The predicted octanol–water partition coefficient (Wildman–Crippen LogP) is 1.72. The lowest BCUT2D eigenvalue weighted by Gasteiger charge is -2.31. The van der Waals surface area contributed by atoms with E-state index in [1.807, 2.05) is 0 Å². The molecule has 1 aliphatic carbocycles. The van der Waals surface area contributed by atoms with Crippen LogP contribution in [0.1, 0.15) is 33.1 Å². The molecule has 0 aromatic heterocycles. The molecule has 1 aliphatic heterocycles. The average Bonchev–Trinajstić information content (AvgIpc) is 2.45. The molecule has 3 unspecified atom stereocenters. The summed E-state index contributed by atoms with van der Waals surface area (Å²) in [6.07, 6.45) is 4.33. The Balaban J connectivity index is 1.94. The molecule has 1 saturated carbocycles. The maximum absolute atomic E-state index is 3.52. The van der Waals surface area contributed by atoms with Gasteiger partial charge in [0.2, 0.25) is 0 Å². The molecule has 1 saturated heterocycles. The topological polar surface area (TPSA) is 15.3 Å². The fourth-order valence-electron chi connectivity index (χ4n) is 3.10. The first kappa shape index (κ1) is 10.4. The lowest BCUT2D eigenvalue weighted by molar-refractivity contribution is 0.161. The second kappa shape index (κ2) is 4.63. The van der Waals surface area contributed by atoms with Gasteiger partial charge < -0.3 is 5.32 Å². The Morgan fingerprint density at radius 1 is 1.21 bits per heavy atom. The third kappa shape index (κ3) is 2.29. The quantitative estimate of drug-likeness (QED) is 0.687. The highest BCUT2D eigenvalue weighted by Gasteiger charge is 2.30. The lowest BCUT2D eigenvalue weighted by Crippen LogP contribution is -2.40. The summed E-state index contributed by atoms with van der Waals surface area (Å²) >= 11 is 0. The SMILES string of the molecule is CC1CNCCN(C2CCCC2C)C1. The summed E-state index contributed by atoms with van der Waals surface area (Å²) in [7, 11) is 0. The molecule has 0 spiro atoms. The van der Waals surface area contributed by atoms with Gasteiger partial charge in [0.15, 0.2) is 0 Å². The number of nitrogens with one attached hydrogen (secondary N) is 1. The van der Waals surface area contributed by atoms with Crippen LogP contribution in [0.3, 0.4) is 0 Å². The molecule has 2 fully saturated rings. The third-order valence-electron chi connectivity index (χ3n) is 3.90. The van der Waals surface area contributed by atoms with Gasteiger partial charge in [-0.25, -0.2) is 0 Å². The van der Waals surface area contributed by atoms with E-state index in [4.69, 9.17) is 0 Å². The van der Waals surface area contributed by atoms with E-state index in [1.54, 1.807) is 0 Å². The van der Waals surface area contributed by atoms with E-state index in [9.17, 15) is 0 Å². The summed E-state index contributed by atoms with van der Waals surface area (Å²) in [5.41, 5.74) is 0. The molecule has 14 heavy (non-hydrogen) atoms. The molecule has 2 nitrogen and oxygen atoms in total. The highest BCUT2D eigenvalue weighted by atomic mass is 15.2. The van der Waals surface area contributed by atoms with E-state index in [2.05, 4.69) is 24.1 Å². The first-order valence-electron chi connectivity index (χ1n) is 6.22. The Labute approximate surface area is 88.1 Å². The monoisotopic (exact) mass is 196 g/mol. The van der Waals surface area contributed by atoms with Crippen molar-refractivity contribution in [3.63, 3.8) is 0 Å². The first-order valence-corrected chi connectivity index (χ1v) is 6.22. The van der Waals surface area contributed by atoms with Gasteiger partial charge in [-0.1, -0.05) is 20.3 Å². The van der Waals surface area contributed by atoms with Crippen molar-refractivity contribution >= 4 is 0 Å². The van der Waals surface area contributed by atoms with Crippen molar-refractivity contribution in [1.29, 1.82) is 0 Å². The summed E-state index contributed by atoms with van der Waals surface area (Å²) < 4.78 is 0. The van der Waals surface area contributed by atoms with Crippen LogP contribution in [0, 0.1) is 11.8 Å². The molecule has 0 radical (unpaired) electrons. The van der Waals surface area contributed by atoms with E-state index in [1.165, 1.54) is 45.4 Å². The van der Waals surface area contributed by atoms with E-state index in [-0.39, 0.29) is 0 Å². The van der Waals surface area contributed by atoms with E-state index in [0.717, 1.165) is 17.9 Å². The van der Waals surface area contributed by atoms with Crippen molar-refractivity contribution in [1.82, 2.24) is 10.2 Å². The van der Waals surface area contributed by atoms with Crippen LogP contribution >= 0.6 is 0 Å². The van der Waals surface area contributed by atoms with Crippen LogP contribution in [-0.2, 0) is 0 Å². The van der Waals surface area contributed by atoms with Crippen molar-refractivity contribution < 1.29 is 0 Å². The van der Waals surface area contributed by atoms with E-state index < -0.39 is 0 Å². The number of hydrogen-bond acceptors (Lipinski definition) is 2. The molecule has 2 rings (SSSR count). The molecule has 2 heteroatoms. The Morgan fingerprint density at radius 2 is 2.07 bits per heavy atom. The Morgan fingerprint density at radius 3 is 2.79 bits per heavy atom. The average molecular weight is 196 g/mol. The highest BCUT2D eigenvalue weighted by Crippen LogP contribution is 2.30. The van der Waals surface area contributed by atoms with Crippen molar-refractivity contribution in [2.24, 2.45) is 11.8 Å². The zero-order valence-corrected chi connectivity index (χ0v) is 9.63. The molecular weight excluding hydrogens is 172 g/mol. The van der Waals surface area contributed by atoms with Gasteiger partial charge in [0.1, 0.15) is 0 Å². The summed E-state index contributed by atoms with van der Waals surface area (Å²) in [5.74, 6) is 1.76. The largest absolute Gasteiger partial charge is 0.315 e. The fraction of sp³-hybridized carbons (Fsp3) is 1.00. The van der Waals surface area contributed by atoms with Crippen LogP contribution in [0.5, 0.6) is 0 Å². The van der Waals surface area contributed by atoms with Crippen LogP contribution in [0.15, 0.2) is 0 Å². The molecule has 82 valence electrons. The lowest BCUT2D eigenvalue weighted by atomic mass is 10.0. The minimum Gasteiger partial charge on any atom is -0.315 e. The first-order chi connectivity index (χ1) is 6.77. The molecule has 0 amide bonds. The molecule has 0 aromatic carbocycles. The Kier molecular flexibility index (Phi) is 3.45. The van der Waals surface area contributed by atoms with Gasteiger partial charge in [-0.3, -0.25) is 4.90 Å². The third-order valence-corrected chi connectivity index (χ3v) is 3.90. The minimum absolute atomic E-state index is 0.824. The number of hydrogen-bond donors (Lipinski definition) is 1. The van der Waals surface area contributed by atoms with Crippen molar-refractivity contribution in [2.45, 2.75) is 39.2 Å². The predicted molar refractivity (Wildman–Crippen MR) is 60.4 cm³/mol. The standard InChI is InChI=1S/C12H24N2/c1-10-8-13-6-7-14(9-10)12-5-3-4-11(12)2/h10-13H,3-9H2,1-2H3. The van der Waals surface area contributed by atoms with Gasteiger partial charge in [0, 0.05) is 25.7 Å². The Bertz CT molecular complexity index is 181. The van der Waals surface area contributed by atoms with Crippen LogP contribution in [0.2, 0.25) is 0 Å². The highest BCUT2D eigenvalue weighted by molar-refractivity contribution is 4.85. The number of rotatable bonds is 1. The zero-order chi connectivity index (χ0) is 9.97. The van der Waals surface area contributed by atoms with Crippen molar-refractivity contribution in [3.05, 3.63) is 0 Å². The summed E-state index contributed by atoms with van der Waals surface area (Å²) in [6.45, 7) is 9.76. The van der Waals surface area contributed by atoms with Crippen molar-refractivity contribution in [2.75, 3.05) is 26.2 Å². The van der Waals surface area contributed by atoms with Gasteiger partial charge in [0.05, 0.1) is 0 Å². The molecule has 0 bridgehead atoms. The van der Waals surface area contributed by atoms with E-state index >= 15 is 0 Å². The van der Waals surface area contributed by atoms with Crippen LogP contribution in [0.4, 0.5) is 0 Å². The maximum atomic E-state index is 3.52. The maximum Gasteiger partial charge on any atom is 0.0121 e.